The molecular weight excluding hydrogens is 214 g/mol. The number of nitrogens with zero attached hydrogens (tertiary/aromatic N) is 5. The second-order valence-electron chi connectivity index (χ2n) is 3.74. The molecule has 0 unspecified atom stereocenters. The van der Waals surface area contributed by atoms with Gasteiger partial charge in [-0.3, -0.25) is 0 Å². The van der Waals surface area contributed by atoms with Crippen LogP contribution in [0.2, 0.25) is 0 Å². The number of hydrogen-bond donors (Lipinski definition) is 0. The van der Waals surface area contributed by atoms with Crippen LogP contribution in [-0.4, -0.2) is 24.3 Å². The number of imidazole rings is 1. The molecule has 84 valence electrons. The standard InChI is InChI=1S/C12H11N5/c1-10-3-6-17(15-10)12-8-11(2-4-14-12)16-7-5-13-9-16/h2-9H,1H3. The monoisotopic (exact) mass is 225 g/mol. The molecule has 17 heavy (non-hydrogen) atoms. The van der Waals surface area contributed by atoms with Gasteiger partial charge in [-0.1, -0.05) is 0 Å². The van der Waals surface area contributed by atoms with Crippen molar-refractivity contribution in [2.24, 2.45) is 0 Å². The molecule has 0 spiro atoms. The van der Waals surface area contributed by atoms with Gasteiger partial charge in [0, 0.05) is 30.9 Å². The first-order valence-corrected chi connectivity index (χ1v) is 5.30. The summed E-state index contributed by atoms with van der Waals surface area (Å²) in [5.41, 5.74) is 1.99. The minimum Gasteiger partial charge on any atom is -0.306 e. The molecular formula is C12H11N5. The Balaban J connectivity index is 2.05. The zero-order valence-electron chi connectivity index (χ0n) is 9.35. The molecule has 0 aliphatic carbocycles. The van der Waals surface area contributed by atoms with Crippen LogP contribution in [0.5, 0.6) is 0 Å². The topological polar surface area (TPSA) is 48.5 Å². The highest BCUT2D eigenvalue weighted by molar-refractivity contribution is 5.37. The van der Waals surface area contributed by atoms with Gasteiger partial charge >= 0.3 is 0 Å². The van der Waals surface area contributed by atoms with Crippen LogP contribution in [0.3, 0.4) is 0 Å². The molecule has 5 heteroatoms. The van der Waals surface area contributed by atoms with E-state index in [1.54, 1.807) is 23.4 Å². The predicted octanol–water partition coefficient (Wildman–Crippen LogP) is 1.76. The second kappa shape index (κ2) is 3.86. The summed E-state index contributed by atoms with van der Waals surface area (Å²) in [7, 11) is 0. The highest BCUT2D eigenvalue weighted by Gasteiger charge is 2.02. The minimum absolute atomic E-state index is 0.796. The van der Waals surface area contributed by atoms with Crippen molar-refractivity contribution in [3.63, 3.8) is 0 Å². The van der Waals surface area contributed by atoms with E-state index in [2.05, 4.69) is 15.1 Å². The summed E-state index contributed by atoms with van der Waals surface area (Å²) in [6, 6.07) is 5.85. The third-order valence-electron chi connectivity index (χ3n) is 2.49. The Bertz CT molecular complexity index is 624. The van der Waals surface area contributed by atoms with Crippen molar-refractivity contribution in [2.45, 2.75) is 6.92 Å². The smallest absolute Gasteiger partial charge is 0.155 e. The molecule has 0 N–H and O–H groups in total. The largest absolute Gasteiger partial charge is 0.306 e. The Kier molecular flexibility index (Phi) is 2.22. The highest BCUT2D eigenvalue weighted by atomic mass is 15.3. The fourth-order valence-corrected chi connectivity index (χ4v) is 1.65. The summed E-state index contributed by atoms with van der Waals surface area (Å²) in [4.78, 5) is 8.32. The average molecular weight is 225 g/mol. The summed E-state index contributed by atoms with van der Waals surface area (Å²) in [6.07, 6.45) is 9.07. The second-order valence-corrected chi connectivity index (χ2v) is 3.74. The fraction of sp³-hybridized carbons (Fsp3) is 0.0833. The molecule has 5 nitrogen and oxygen atoms in total. The van der Waals surface area contributed by atoms with Crippen LogP contribution in [0.25, 0.3) is 11.5 Å². The van der Waals surface area contributed by atoms with E-state index in [1.165, 1.54) is 0 Å². The van der Waals surface area contributed by atoms with Gasteiger partial charge in [-0.15, -0.1) is 0 Å². The van der Waals surface area contributed by atoms with Crippen LogP contribution in [0.4, 0.5) is 0 Å². The lowest BCUT2D eigenvalue weighted by Gasteiger charge is -2.04. The maximum absolute atomic E-state index is 4.33. The number of hydrogen-bond acceptors (Lipinski definition) is 3. The van der Waals surface area contributed by atoms with Crippen molar-refractivity contribution < 1.29 is 0 Å². The summed E-state index contributed by atoms with van der Waals surface area (Å²) >= 11 is 0. The molecule has 0 radical (unpaired) electrons. The first kappa shape index (κ1) is 9.77. The number of rotatable bonds is 2. The molecule has 0 saturated heterocycles. The molecule has 0 atom stereocenters. The van der Waals surface area contributed by atoms with E-state index in [9.17, 15) is 0 Å². The van der Waals surface area contributed by atoms with E-state index in [1.807, 2.05) is 42.1 Å². The van der Waals surface area contributed by atoms with Crippen molar-refractivity contribution >= 4 is 0 Å². The summed E-state index contributed by atoms with van der Waals surface area (Å²) < 4.78 is 3.69. The molecule has 3 rings (SSSR count). The van der Waals surface area contributed by atoms with Gasteiger partial charge in [0.1, 0.15) is 0 Å². The average Bonchev–Trinajstić information content (AvgIpc) is 3.00. The first-order chi connectivity index (χ1) is 8.33. The van der Waals surface area contributed by atoms with Gasteiger partial charge in [-0.05, 0) is 19.1 Å². The number of aromatic nitrogens is 5. The van der Waals surface area contributed by atoms with Crippen molar-refractivity contribution in [1.82, 2.24) is 24.3 Å². The quantitative estimate of drug-likeness (QED) is 0.667. The Labute approximate surface area is 98.4 Å². The highest BCUT2D eigenvalue weighted by Crippen LogP contribution is 2.11. The predicted molar refractivity (Wildman–Crippen MR) is 63.2 cm³/mol. The fourth-order valence-electron chi connectivity index (χ4n) is 1.65. The van der Waals surface area contributed by atoms with Gasteiger partial charge < -0.3 is 4.57 Å². The zero-order valence-corrected chi connectivity index (χ0v) is 9.35. The summed E-state index contributed by atoms with van der Waals surface area (Å²) in [6.45, 7) is 1.95. The van der Waals surface area contributed by atoms with Crippen LogP contribution in [0.15, 0.2) is 49.3 Å². The molecule has 0 bridgehead atoms. The zero-order chi connectivity index (χ0) is 11.7. The van der Waals surface area contributed by atoms with Crippen LogP contribution >= 0.6 is 0 Å². The van der Waals surface area contributed by atoms with Crippen LogP contribution in [0.1, 0.15) is 5.69 Å². The summed E-state index contributed by atoms with van der Waals surface area (Å²) in [5.74, 6) is 0.796. The van der Waals surface area contributed by atoms with Crippen molar-refractivity contribution in [3.05, 3.63) is 55.0 Å². The van der Waals surface area contributed by atoms with Crippen LogP contribution < -0.4 is 0 Å². The first-order valence-electron chi connectivity index (χ1n) is 5.30. The summed E-state index contributed by atoms with van der Waals surface area (Å²) in [5, 5.41) is 4.33. The maximum atomic E-state index is 4.33. The van der Waals surface area contributed by atoms with Gasteiger partial charge in [0.25, 0.3) is 0 Å². The lowest BCUT2D eigenvalue weighted by Crippen LogP contribution is -2.00. The molecule has 0 aliphatic rings. The Hall–Kier alpha value is -2.43. The normalized spacial score (nSPS) is 10.6. The Morgan fingerprint density at radius 1 is 1.12 bits per heavy atom. The SMILES string of the molecule is Cc1ccn(-c2cc(-n3ccnc3)ccn2)n1. The molecule has 3 aromatic rings. The van der Waals surface area contributed by atoms with E-state index in [4.69, 9.17) is 0 Å². The van der Waals surface area contributed by atoms with Crippen molar-refractivity contribution in [1.29, 1.82) is 0 Å². The molecule has 0 amide bonds. The van der Waals surface area contributed by atoms with Gasteiger partial charge in [0.05, 0.1) is 17.7 Å². The lowest BCUT2D eigenvalue weighted by molar-refractivity contribution is 0.829. The van der Waals surface area contributed by atoms with Crippen molar-refractivity contribution in [2.75, 3.05) is 0 Å². The van der Waals surface area contributed by atoms with Gasteiger partial charge in [0.2, 0.25) is 0 Å². The van der Waals surface area contributed by atoms with Crippen LogP contribution in [-0.2, 0) is 0 Å². The lowest BCUT2D eigenvalue weighted by atomic mass is 10.4. The third kappa shape index (κ3) is 1.82. The van der Waals surface area contributed by atoms with E-state index < -0.39 is 0 Å². The van der Waals surface area contributed by atoms with Crippen LogP contribution in [0, 0.1) is 6.92 Å². The van der Waals surface area contributed by atoms with Crippen molar-refractivity contribution in [3.8, 4) is 11.5 Å². The Morgan fingerprint density at radius 2 is 2.06 bits per heavy atom. The van der Waals surface area contributed by atoms with Gasteiger partial charge in [-0.25, -0.2) is 14.6 Å². The van der Waals surface area contributed by atoms with Gasteiger partial charge in [-0.2, -0.15) is 5.10 Å². The molecule has 0 saturated carbocycles. The van der Waals surface area contributed by atoms with E-state index >= 15 is 0 Å². The van der Waals surface area contributed by atoms with E-state index in [0.717, 1.165) is 17.2 Å². The molecule has 0 aromatic carbocycles. The number of pyridine rings is 1. The van der Waals surface area contributed by atoms with E-state index in [-0.39, 0.29) is 0 Å². The Morgan fingerprint density at radius 3 is 2.76 bits per heavy atom. The molecule has 0 fully saturated rings. The maximum Gasteiger partial charge on any atom is 0.155 e. The third-order valence-corrected chi connectivity index (χ3v) is 2.49. The molecule has 0 aliphatic heterocycles. The minimum atomic E-state index is 0.796. The number of aryl methyl sites for hydroxylation is 1. The molecule has 3 aromatic heterocycles. The molecule has 3 heterocycles. The van der Waals surface area contributed by atoms with Gasteiger partial charge in [0.15, 0.2) is 5.82 Å². The van der Waals surface area contributed by atoms with E-state index in [0.29, 0.717) is 0 Å².